The standard InChI is InChI=1S/C10H9NO4S2/c1-6-2-4-7(5-3-6)17(14,15)9-8(12)11-10(13)16-9/h2-5,9H,1H3,(H,11,12,13). The van der Waals surface area contributed by atoms with Crippen molar-refractivity contribution >= 4 is 32.7 Å². The van der Waals surface area contributed by atoms with E-state index in [2.05, 4.69) is 0 Å². The van der Waals surface area contributed by atoms with Gasteiger partial charge in [-0.25, -0.2) is 8.42 Å². The molecule has 0 aromatic heterocycles. The Bertz CT molecular complexity index is 577. The number of carbonyl (C=O) groups is 2. The highest BCUT2D eigenvalue weighted by Gasteiger charge is 2.42. The number of thioether (sulfide) groups is 1. The van der Waals surface area contributed by atoms with Crippen molar-refractivity contribution in [3.63, 3.8) is 0 Å². The van der Waals surface area contributed by atoms with Crippen LogP contribution in [0.3, 0.4) is 0 Å². The predicted octanol–water partition coefficient (Wildman–Crippen LogP) is 1.08. The van der Waals surface area contributed by atoms with Crippen molar-refractivity contribution < 1.29 is 18.0 Å². The lowest BCUT2D eigenvalue weighted by atomic mass is 10.2. The maximum absolute atomic E-state index is 12.1. The Hall–Kier alpha value is -1.34. The molecule has 1 aromatic carbocycles. The normalized spacial score (nSPS) is 20.4. The zero-order valence-corrected chi connectivity index (χ0v) is 10.5. The minimum absolute atomic E-state index is 0.0467. The van der Waals surface area contributed by atoms with Crippen molar-refractivity contribution in [3.8, 4) is 0 Å². The van der Waals surface area contributed by atoms with Crippen LogP contribution in [-0.4, -0.2) is 24.1 Å². The molecule has 0 radical (unpaired) electrons. The third-order valence-corrected chi connectivity index (χ3v) is 5.78. The number of imide groups is 1. The van der Waals surface area contributed by atoms with Gasteiger partial charge in [0.1, 0.15) is 0 Å². The smallest absolute Gasteiger partial charge is 0.285 e. The summed E-state index contributed by atoms with van der Waals surface area (Å²) >= 11 is 0.492. The summed E-state index contributed by atoms with van der Waals surface area (Å²) in [7, 11) is -3.81. The second kappa shape index (κ2) is 4.15. The maximum Gasteiger partial charge on any atom is 0.287 e. The topological polar surface area (TPSA) is 80.3 Å². The Morgan fingerprint density at radius 1 is 1.18 bits per heavy atom. The van der Waals surface area contributed by atoms with Crippen molar-refractivity contribution in [3.05, 3.63) is 29.8 Å². The fraction of sp³-hybridized carbons (Fsp3) is 0.200. The zero-order valence-electron chi connectivity index (χ0n) is 8.84. The van der Waals surface area contributed by atoms with E-state index in [1.807, 2.05) is 12.2 Å². The summed E-state index contributed by atoms with van der Waals surface area (Å²) in [6, 6.07) is 6.15. The third kappa shape index (κ3) is 2.20. The van der Waals surface area contributed by atoms with Crippen LogP contribution in [-0.2, 0) is 14.6 Å². The van der Waals surface area contributed by atoms with E-state index in [-0.39, 0.29) is 4.90 Å². The number of rotatable bonds is 2. The highest BCUT2D eigenvalue weighted by Crippen LogP contribution is 2.29. The molecular formula is C10H9NO4S2. The van der Waals surface area contributed by atoms with Gasteiger partial charge in [0, 0.05) is 0 Å². The van der Waals surface area contributed by atoms with E-state index in [0.717, 1.165) is 5.56 Å². The number of hydrogen-bond acceptors (Lipinski definition) is 5. The molecule has 1 aliphatic rings. The minimum atomic E-state index is -3.81. The molecule has 2 rings (SSSR count). The van der Waals surface area contributed by atoms with Crippen molar-refractivity contribution in [1.29, 1.82) is 0 Å². The maximum atomic E-state index is 12.1. The van der Waals surface area contributed by atoms with Crippen molar-refractivity contribution in [1.82, 2.24) is 5.32 Å². The lowest BCUT2D eigenvalue weighted by molar-refractivity contribution is -0.117. The van der Waals surface area contributed by atoms with Gasteiger partial charge in [-0.3, -0.25) is 14.9 Å². The molecule has 2 amide bonds. The molecule has 0 spiro atoms. The van der Waals surface area contributed by atoms with E-state index in [1.54, 1.807) is 12.1 Å². The largest absolute Gasteiger partial charge is 0.287 e. The van der Waals surface area contributed by atoms with E-state index in [9.17, 15) is 18.0 Å². The molecule has 7 heteroatoms. The summed E-state index contributed by atoms with van der Waals surface area (Å²) in [6.07, 6.45) is 0. The van der Waals surface area contributed by atoms with Crippen LogP contribution in [0.15, 0.2) is 29.2 Å². The summed E-state index contributed by atoms with van der Waals surface area (Å²) in [5, 5.41) is 1.33. The predicted molar refractivity (Wildman–Crippen MR) is 63.3 cm³/mol. The molecule has 1 N–H and O–H groups in total. The van der Waals surface area contributed by atoms with Crippen LogP contribution in [0.2, 0.25) is 0 Å². The van der Waals surface area contributed by atoms with Gasteiger partial charge in [0.15, 0.2) is 14.4 Å². The van der Waals surface area contributed by atoms with Gasteiger partial charge in [0.25, 0.3) is 11.1 Å². The Kier molecular flexibility index (Phi) is 2.96. The van der Waals surface area contributed by atoms with Crippen LogP contribution < -0.4 is 5.32 Å². The lowest BCUT2D eigenvalue weighted by Crippen LogP contribution is -2.30. The first-order valence-corrected chi connectivity index (χ1v) is 7.16. The van der Waals surface area contributed by atoms with Crippen LogP contribution in [0.1, 0.15) is 5.56 Å². The molecule has 0 saturated carbocycles. The summed E-state index contributed by atoms with van der Waals surface area (Å²) < 4.78 is 22.8. The zero-order chi connectivity index (χ0) is 12.6. The van der Waals surface area contributed by atoms with E-state index in [4.69, 9.17) is 0 Å². The molecule has 17 heavy (non-hydrogen) atoms. The quantitative estimate of drug-likeness (QED) is 0.870. The van der Waals surface area contributed by atoms with Gasteiger partial charge in [0.2, 0.25) is 0 Å². The average Bonchev–Trinajstić information content (AvgIpc) is 2.59. The first-order valence-electron chi connectivity index (χ1n) is 4.73. The highest BCUT2D eigenvalue weighted by molar-refractivity contribution is 8.24. The third-order valence-electron chi connectivity index (χ3n) is 2.28. The van der Waals surface area contributed by atoms with Gasteiger partial charge in [0.05, 0.1) is 4.90 Å². The second-order valence-corrected chi connectivity index (χ2v) is 6.99. The molecule has 1 aromatic rings. The summed E-state index contributed by atoms with van der Waals surface area (Å²) in [6.45, 7) is 1.83. The van der Waals surface area contributed by atoms with Crippen LogP contribution in [0.25, 0.3) is 0 Å². The SMILES string of the molecule is Cc1ccc(S(=O)(=O)C2SC(=O)NC2=O)cc1. The van der Waals surface area contributed by atoms with E-state index >= 15 is 0 Å². The number of sulfone groups is 1. The number of benzene rings is 1. The summed E-state index contributed by atoms with van der Waals surface area (Å²) in [5.74, 6) is -0.777. The molecular weight excluding hydrogens is 262 g/mol. The van der Waals surface area contributed by atoms with E-state index in [0.29, 0.717) is 11.8 Å². The molecule has 1 atom stereocenters. The van der Waals surface area contributed by atoms with Gasteiger partial charge in [-0.1, -0.05) is 17.7 Å². The van der Waals surface area contributed by atoms with Gasteiger partial charge < -0.3 is 0 Å². The Morgan fingerprint density at radius 2 is 1.76 bits per heavy atom. The fourth-order valence-electron chi connectivity index (χ4n) is 1.40. The molecule has 1 saturated heterocycles. The van der Waals surface area contributed by atoms with Crippen LogP contribution in [0.5, 0.6) is 0 Å². The highest BCUT2D eigenvalue weighted by atomic mass is 32.3. The number of amides is 2. The van der Waals surface area contributed by atoms with E-state index in [1.165, 1.54) is 12.1 Å². The second-order valence-electron chi connectivity index (χ2n) is 3.58. The van der Waals surface area contributed by atoms with Crippen molar-refractivity contribution in [2.24, 2.45) is 0 Å². The number of carbonyl (C=O) groups excluding carboxylic acids is 2. The fourth-order valence-corrected chi connectivity index (χ4v) is 4.12. The van der Waals surface area contributed by atoms with Gasteiger partial charge >= 0.3 is 0 Å². The van der Waals surface area contributed by atoms with Crippen LogP contribution in [0.4, 0.5) is 4.79 Å². The molecule has 5 nitrogen and oxygen atoms in total. The van der Waals surface area contributed by atoms with E-state index < -0.39 is 25.6 Å². The number of nitrogens with one attached hydrogen (secondary N) is 1. The van der Waals surface area contributed by atoms with Crippen molar-refractivity contribution in [2.45, 2.75) is 16.4 Å². The molecule has 1 heterocycles. The monoisotopic (exact) mass is 271 g/mol. The lowest BCUT2D eigenvalue weighted by Gasteiger charge is -2.07. The summed E-state index contributed by atoms with van der Waals surface area (Å²) in [4.78, 5) is 22.3. The first kappa shape index (κ1) is 12.1. The molecule has 1 unspecified atom stereocenters. The minimum Gasteiger partial charge on any atom is -0.285 e. The van der Waals surface area contributed by atoms with Gasteiger partial charge in [-0.05, 0) is 30.8 Å². The Labute approximate surface area is 103 Å². The van der Waals surface area contributed by atoms with Gasteiger partial charge in [-0.15, -0.1) is 0 Å². The molecule has 1 aliphatic heterocycles. The van der Waals surface area contributed by atoms with Crippen LogP contribution >= 0.6 is 11.8 Å². The average molecular weight is 271 g/mol. The Morgan fingerprint density at radius 3 is 2.24 bits per heavy atom. The first-order chi connectivity index (χ1) is 7.91. The Balaban J connectivity index is 2.40. The number of hydrogen-bond donors (Lipinski definition) is 1. The molecule has 1 fully saturated rings. The molecule has 0 aliphatic carbocycles. The van der Waals surface area contributed by atoms with Gasteiger partial charge in [-0.2, -0.15) is 0 Å². The molecule has 0 bridgehead atoms. The molecule has 90 valence electrons. The summed E-state index contributed by atoms with van der Waals surface area (Å²) in [5.41, 5.74) is 0.920. The van der Waals surface area contributed by atoms with Crippen LogP contribution in [0, 0.1) is 6.92 Å². The van der Waals surface area contributed by atoms with Crippen molar-refractivity contribution in [2.75, 3.05) is 0 Å². The number of aryl methyl sites for hydroxylation is 1.